The number of aryl methyl sites for hydroxylation is 1. The number of rotatable bonds is 5. The monoisotopic (exact) mass is 399 g/mol. The number of benzene rings is 2. The van der Waals surface area contributed by atoms with Crippen LogP contribution in [0.1, 0.15) is 24.1 Å². The van der Waals surface area contributed by atoms with Crippen molar-refractivity contribution in [3.8, 4) is 11.4 Å². The average molecular weight is 400 g/mol. The summed E-state index contributed by atoms with van der Waals surface area (Å²) in [7, 11) is 0. The molecular formula is C18H18BrN5O. The molecule has 3 aromatic rings. The summed E-state index contributed by atoms with van der Waals surface area (Å²) < 4.78 is 0.961. The molecule has 0 unspecified atom stereocenters. The molecule has 3 rings (SSSR count). The first-order valence-corrected chi connectivity index (χ1v) is 8.71. The van der Waals surface area contributed by atoms with Crippen LogP contribution >= 0.6 is 15.9 Å². The summed E-state index contributed by atoms with van der Waals surface area (Å²) in [6.45, 7) is 3.97. The fraction of sp³-hybridized carbons (Fsp3) is 0.222. The van der Waals surface area contributed by atoms with Gasteiger partial charge in [-0.25, -0.2) is 0 Å². The predicted molar refractivity (Wildman–Crippen MR) is 98.7 cm³/mol. The second-order valence-corrected chi connectivity index (χ2v) is 6.67. The van der Waals surface area contributed by atoms with Crippen LogP contribution in [-0.4, -0.2) is 26.1 Å². The van der Waals surface area contributed by atoms with Crippen molar-refractivity contribution in [2.75, 3.05) is 0 Å². The van der Waals surface area contributed by atoms with Crippen LogP contribution in [0.15, 0.2) is 53.0 Å². The molecule has 0 fully saturated rings. The molecule has 0 spiro atoms. The van der Waals surface area contributed by atoms with E-state index >= 15 is 0 Å². The van der Waals surface area contributed by atoms with Gasteiger partial charge in [0.2, 0.25) is 11.7 Å². The lowest BCUT2D eigenvalue weighted by Crippen LogP contribution is -2.31. The number of nitrogens with one attached hydrogen (secondary N) is 1. The Bertz CT molecular complexity index is 875. The highest BCUT2D eigenvalue weighted by molar-refractivity contribution is 9.10. The number of carbonyl (C=O) groups is 1. The van der Waals surface area contributed by atoms with Crippen molar-refractivity contribution in [1.82, 2.24) is 25.5 Å². The Morgan fingerprint density at radius 2 is 1.92 bits per heavy atom. The first kappa shape index (κ1) is 17.3. The summed E-state index contributed by atoms with van der Waals surface area (Å²) in [6, 6.07) is 15.5. The van der Waals surface area contributed by atoms with Gasteiger partial charge in [0.25, 0.3) is 0 Å². The van der Waals surface area contributed by atoms with Crippen LogP contribution in [0.5, 0.6) is 0 Å². The minimum Gasteiger partial charge on any atom is -0.348 e. The largest absolute Gasteiger partial charge is 0.348 e. The van der Waals surface area contributed by atoms with Gasteiger partial charge in [0.1, 0.15) is 6.54 Å². The summed E-state index contributed by atoms with van der Waals surface area (Å²) in [6.07, 6.45) is 0. The van der Waals surface area contributed by atoms with Crippen LogP contribution in [0.4, 0.5) is 0 Å². The van der Waals surface area contributed by atoms with E-state index in [4.69, 9.17) is 0 Å². The topological polar surface area (TPSA) is 72.7 Å². The van der Waals surface area contributed by atoms with Gasteiger partial charge in [0.05, 0.1) is 6.04 Å². The van der Waals surface area contributed by atoms with Gasteiger partial charge in [-0.1, -0.05) is 64.0 Å². The zero-order valence-electron chi connectivity index (χ0n) is 14.0. The van der Waals surface area contributed by atoms with Gasteiger partial charge in [0, 0.05) is 10.0 Å². The lowest BCUT2D eigenvalue weighted by atomic mass is 10.1. The number of amides is 1. The van der Waals surface area contributed by atoms with Gasteiger partial charge in [-0.2, -0.15) is 4.80 Å². The Balaban J connectivity index is 1.64. The molecule has 1 heterocycles. The molecule has 0 aliphatic carbocycles. The molecule has 0 radical (unpaired) electrons. The van der Waals surface area contributed by atoms with E-state index in [2.05, 4.69) is 36.7 Å². The molecule has 25 heavy (non-hydrogen) atoms. The van der Waals surface area contributed by atoms with Crippen LogP contribution in [0.3, 0.4) is 0 Å². The Morgan fingerprint density at radius 3 is 2.64 bits per heavy atom. The minimum atomic E-state index is -0.170. The van der Waals surface area contributed by atoms with E-state index < -0.39 is 0 Å². The van der Waals surface area contributed by atoms with Crippen molar-refractivity contribution in [3.63, 3.8) is 0 Å². The van der Waals surface area contributed by atoms with Gasteiger partial charge in [-0.15, -0.1) is 10.2 Å². The molecule has 1 amide bonds. The normalized spacial score (nSPS) is 12.0. The number of aromatic nitrogens is 4. The number of carbonyl (C=O) groups excluding carboxylic acids is 1. The van der Waals surface area contributed by atoms with E-state index in [9.17, 15) is 4.79 Å². The Morgan fingerprint density at radius 1 is 1.20 bits per heavy atom. The van der Waals surface area contributed by atoms with Crippen LogP contribution < -0.4 is 5.32 Å². The zero-order chi connectivity index (χ0) is 17.8. The molecule has 2 aromatic carbocycles. The molecule has 6 nitrogen and oxygen atoms in total. The Hall–Kier alpha value is -2.54. The highest BCUT2D eigenvalue weighted by Crippen LogP contribution is 2.22. The van der Waals surface area contributed by atoms with Gasteiger partial charge in [-0.05, 0) is 30.7 Å². The minimum absolute atomic E-state index is 0.0215. The Labute approximate surface area is 154 Å². The molecule has 7 heteroatoms. The van der Waals surface area contributed by atoms with Crippen molar-refractivity contribution < 1.29 is 4.79 Å². The molecule has 0 bridgehead atoms. The standard InChI is InChI=1S/C18H18BrN5O/c1-12-7-9-14(10-8-12)18-21-23-24(22-18)11-17(25)20-13(2)15-5-3-4-6-16(15)19/h3-10,13H,11H2,1-2H3,(H,20,25)/t13-/m0/s1. The molecule has 0 saturated carbocycles. The number of tetrazole rings is 1. The second kappa shape index (κ2) is 7.57. The third-order valence-electron chi connectivity index (χ3n) is 3.80. The van der Waals surface area contributed by atoms with Crippen molar-refractivity contribution in [3.05, 3.63) is 64.1 Å². The summed E-state index contributed by atoms with van der Waals surface area (Å²) in [4.78, 5) is 13.5. The number of hydrogen-bond acceptors (Lipinski definition) is 4. The second-order valence-electron chi connectivity index (χ2n) is 5.82. The van der Waals surface area contributed by atoms with Crippen LogP contribution in [0.25, 0.3) is 11.4 Å². The fourth-order valence-corrected chi connectivity index (χ4v) is 3.08. The van der Waals surface area contributed by atoms with Crippen molar-refractivity contribution >= 4 is 21.8 Å². The maximum absolute atomic E-state index is 12.2. The van der Waals surface area contributed by atoms with E-state index in [0.29, 0.717) is 5.82 Å². The lowest BCUT2D eigenvalue weighted by Gasteiger charge is -2.15. The molecule has 128 valence electrons. The maximum atomic E-state index is 12.2. The van der Waals surface area contributed by atoms with Gasteiger partial charge >= 0.3 is 0 Å². The molecular weight excluding hydrogens is 382 g/mol. The zero-order valence-corrected chi connectivity index (χ0v) is 15.6. The lowest BCUT2D eigenvalue weighted by molar-refractivity contribution is -0.122. The number of halogens is 1. The van der Waals surface area contributed by atoms with E-state index in [1.54, 1.807) is 0 Å². The summed E-state index contributed by atoms with van der Waals surface area (Å²) in [5, 5.41) is 15.2. The number of hydrogen-bond donors (Lipinski definition) is 1. The van der Waals surface area contributed by atoms with E-state index in [1.807, 2.05) is 62.4 Å². The summed E-state index contributed by atoms with van der Waals surface area (Å²) >= 11 is 3.50. The molecule has 0 aliphatic heterocycles. The molecule has 0 saturated heterocycles. The maximum Gasteiger partial charge on any atom is 0.244 e. The average Bonchev–Trinajstić information content (AvgIpc) is 3.04. The predicted octanol–water partition coefficient (Wildman–Crippen LogP) is 3.29. The first-order chi connectivity index (χ1) is 12.0. The quantitative estimate of drug-likeness (QED) is 0.714. The van der Waals surface area contributed by atoms with Gasteiger partial charge < -0.3 is 5.32 Å². The molecule has 0 aliphatic rings. The highest BCUT2D eigenvalue weighted by atomic mass is 79.9. The molecule has 1 aromatic heterocycles. The third-order valence-corrected chi connectivity index (χ3v) is 4.52. The smallest absolute Gasteiger partial charge is 0.244 e. The highest BCUT2D eigenvalue weighted by Gasteiger charge is 2.14. The number of nitrogens with zero attached hydrogens (tertiary/aromatic N) is 4. The van der Waals surface area contributed by atoms with Crippen molar-refractivity contribution in [2.24, 2.45) is 0 Å². The summed E-state index contributed by atoms with van der Waals surface area (Å²) in [5.41, 5.74) is 3.05. The van der Waals surface area contributed by atoms with E-state index in [0.717, 1.165) is 21.2 Å². The van der Waals surface area contributed by atoms with E-state index in [1.165, 1.54) is 4.80 Å². The van der Waals surface area contributed by atoms with Crippen molar-refractivity contribution in [1.29, 1.82) is 0 Å². The summed E-state index contributed by atoms with van der Waals surface area (Å²) in [5.74, 6) is 0.336. The van der Waals surface area contributed by atoms with E-state index in [-0.39, 0.29) is 18.5 Å². The Kier molecular flexibility index (Phi) is 5.23. The third kappa shape index (κ3) is 4.30. The molecule has 1 atom stereocenters. The SMILES string of the molecule is Cc1ccc(-c2nnn(CC(=O)N[C@@H](C)c3ccccc3Br)n2)cc1. The van der Waals surface area contributed by atoms with Crippen LogP contribution in [0.2, 0.25) is 0 Å². The van der Waals surface area contributed by atoms with Crippen LogP contribution in [-0.2, 0) is 11.3 Å². The van der Waals surface area contributed by atoms with Crippen LogP contribution in [0, 0.1) is 6.92 Å². The first-order valence-electron chi connectivity index (χ1n) is 7.91. The van der Waals surface area contributed by atoms with Gasteiger partial charge in [-0.3, -0.25) is 4.79 Å². The molecule has 1 N–H and O–H groups in total. The fourth-order valence-electron chi connectivity index (χ4n) is 2.45. The van der Waals surface area contributed by atoms with Crippen molar-refractivity contribution in [2.45, 2.75) is 26.4 Å². The van der Waals surface area contributed by atoms with Gasteiger partial charge in [0.15, 0.2) is 0 Å².